The molecule has 0 amide bonds. The van der Waals surface area contributed by atoms with E-state index in [1.165, 1.54) is 28.2 Å². The second-order valence-corrected chi connectivity index (χ2v) is 8.55. The third kappa shape index (κ3) is 4.23. The van der Waals surface area contributed by atoms with Crippen LogP contribution in [-0.4, -0.2) is 39.8 Å². The fourth-order valence-electron chi connectivity index (χ4n) is 4.54. The van der Waals surface area contributed by atoms with Crippen LogP contribution in [0.5, 0.6) is 0 Å². The lowest BCUT2D eigenvalue weighted by Crippen LogP contribution is -2.31. The monoisotopic (exact) mass is 434 g/mol. The first-order valence-corrected chi connectivity index (χ1v) is 11.1. The summed E-state index contributed by atoms with van der Waals surface area (Å²) in [6, 6.07) is 17.1. The molecular weight excluding hydrogens is 404 g/mol. The maximum atomic E-state index is 5.77. The molecule has 6 heteroatoms. The lowest BCUT2D eigenvalue weighted by Gasteiger charge is -2.28. The average Bonchev–Trinajstić information content (AvgIpc) is 3.25. The van der Waals surface area contributed by atoms with Crippen LogP contribution < -0.4 is 5.32 Å². The molecule has 0 aliphatic carbocycles. The molecule has 2 aromatic heterocycles. The van der Waals surface area contributed by atoms with E-state index >= 15 is 0 Å². The number of thiocarbonyl (C=S) groups is 1. The molecule has 1 fully saturated rings. The Morgan fingerprint density at radius 3 is 2.55 bits per heavy atom. The number of aryl methyl sites for hydroxylation is 2. The Morgan fingerprint density at radius 1 is 1.10 bits per heavy atom. The van der Waals surface area contributed by atoms with E-state index in [4.69, 9.17) is 17.0 Å². The third-order valence-corrected chi connectivity index (χ3v) is 6.38. The standard InChI is InChI=1S/C25H30N4OS/c1-17-9-11-20(12-10-17)29-18(2)16-21(19(29)3)24-23(22-8-5-6-13-26-22)27-25(31)28(24)14-7-15-30-4/h5-6,8-13,16,23-24H,7,14-15H2,1-4H3,(H,27,31). The van der Waals surface area contributed by atoms with Crippen molar-refractivity contribution < 1.29 is 4.74 Å². The first kappa shape index (κ1) is 21.5. The molecule has 1 aromatic carbocycles. The van der Waals surface area contributed by atoms with Crippen LogP contribution in [0.25, 0.3) is 5.69 Å². The highest BCUT2D eigenvalue weighted by molar-refractivity contribution is 7.80. The van der Waals surface area contributed by atoms with Crippen molar-refractivity contribution in [2.45, 2.75) is 39.3 Å². The number of aromatic nitrogens is 2. The van der Waals surface area contributed by atoms with Gasteiger partial charge in [0, 0.05) is 43.5 Å². The molecule has 1 N–H and O–H groups in total. The molecule has 0 spiro atoms. The number of ether oxygens (including phenoxy) is 1. The van der Waals surface area contributed by atoms with Gasteiger partial charge in [-0.05, 0) is 75.3 Å². The molecule has 4 rings (SSSR count). The molecule has 1 aliphatic rings. The zero-order chi connectivity index (χ0) is 22.0. The summed E-state index contributed by atoms with van der Waals surface area (Å²) in [4.78, 5) is 6.95. The van der Waals surface area contributed by atoms with Crippen molar-refractivity contribution >= 4 is 17.3 Å². The molecule has 3 aromatic rings. The van der Waals surface area contributed by atoms with E-state index in [2.05, 4.69) is 76.9 Å². The quantitative estimate of drug-likeness (QED) is 0.427. The van der Waals surface area contributed by atoms with Gasteiger partial charge in [0.05, 0.1) is 17.8 Å². The molecular formula is C25H30N4OS. The molecule has 1 saturated heterocycles. The van der Waals surface area contributed by atoms with Crippen LogP contribution >= 0.6 is 12.2 Å². The topological polar surface area (TPSA) is 42.3 Å². The third-order valence-electron chi connectivity index (χ3n) is 6.03. The minimum atomic E-state index is 0.00297. The number of pyridine rings is 1. The van der Waals surface area contributed by atoms with Crippen molar-refractivity contribution in [3.05, 3.63) is 82.9 Å². The van der Waals surface area contributed by atoms with Gasteiger partial charge in [-0.3, -0.25) is 4.98 Å². The van der Waals surface area contributed by atoms with Gasteiger partial charge in [0.1, 0.15) is 0 Å². The number of nitrogens with one attached hydrogen (secondary N) is 1. The molecule has 2 atom stereocenters. The second kappa shape index (κ2) is 9.20. The van der Waals surface area contributed by atoms with Crippen molar-refractivity contribution in [2.75, 3.05) is 20.3 Å². The van der Waals surface area contributed by atoms with Crippen molar-refractivity contribution in [1.82, 2.24) is 19.8 Å². The maximum absolute atomic E-state index is 5.77. The molecule has 0 saturated carbocycles. The fraction of sp³-hybridized carbons (Fsp3) is 0.360. The molecule has 0 bridgehead atoms. The smallest absolute Gasteiger partial charge is 0.170 e. The lowest BCUT2D eigenvalue weighted by molar-refractivity contribution is 0.180. The predicted octanol–water partition coefficient (Wildman–Crippen LogP) is 4.81. The van der Waals surface area contributed by atoms with Gasteiger partial charge in [-0.25, -0.2) is 0 Å². The first-order chi connectivity index (χ1) is 15.0. The summed E-state index contributed by atoms with van der Waals surface area (Å²) in [7, 11) is 1.74. The highest BCUT2D eigenvalue weighted by Gasteiger charge is 2.41. The Labute approximate surface area is 190 Å². The molecule has 2 unspecified atom stereocenters. The van der Waals surface area contributed by atoms with Crippen LogP contribution in [0.15, 0.2) is 54.7 Å². The van der Waals surface area contributed by atoms with Crippen molar-refractivity contribution in [1.29, 1.82) is 0 Å². The Morgan fingerprint density at radius 2 is 1.87 bits per heavy atom. The minimum Gasteiger partial charge on any atom is -0.385 e. The Bertz CT molecular complexity index is 1050. The minimum absolute atomic E-state index is 0.00297. The Kier molecular flexibility index (Phi) is 6.39. The number of hydrogen-bond acceptors (Lipinski definition) is 3. The van der Waals surface area contributed by atoms with Crippen LogP contribution in [0.1, 0.15) is 46.7 Å². The summed E-state index contributed by atoms with van der Waals surface area (Å²) in [5.74, 6) is 0. The van der Waals surface area contributed by atoms with E-state index in [1.54, 1.807) is 7.11 Å². The highest BCUT2D eigenvalue weighted by Crippen LogP contribution is 2.41. The average molecular weight is 435 g/mol. The SMILES string of the molecule is COCCCN1C(=S)NC(c2ccccn2)C1c1cc(C)n(-c2ccc(C)cc2)c1C. The van der Waals surface area contributed by atoms with Crippen LogP contribution in [0.4, 0.5) is 0 Å². The summed E-state index contributed by atoms with van der Waals surface area (Å²) in [6.07, 6.45) is 2.76. The largest absolute Gasteiger partial charge is 0.385 e. The molecule has 31 heavy (non-hydrogen) atoms. The fourth-order valence-corrected chi connectivity index (χ4v) is 4.87. The Hall–Kier alpha value is -2.70. The van der Waals surface area contributed by atoms with Crippen molar-refractivity contribution in [2.24, 2.45) is 0 Å². The summed E-state index contributed by atoms with van der Waals surface area (Å²) in [5, 5.41) is 4.32. The van der Waals surface area contributed by atoms with Gasteiger partial charge in [0.25, 0.3) is 0 Å². The van der Waals surface area contributed by atoms with Gasteiger partial charge >= 0.3 is 0 Å². The predicted molar refractivity (Wildman–Crippen MR) is 129 cm³/mol. The van der Waals surface area contributed by atoms with Gasteiger partial charge in [-0.1, -0.05) is 23.8 Å². The van der Waals surface area contributed by atoms with Gasteiger partial charge in [-0.2, -0.15) is 0 Å². The molecule has 3 heterocycles. The van der Waals surface area contributed by atoms with Crippen molar-refractivity contribution in [3.63, 3.8) is 0 Å². The second-order valence-electron chi connectivity index (χ2n) is 8.16. The number of hydrogen-bond donors (Lipinski definition) is 1. The van der Waals surface area contributed by atoms with Crippen LogP contribution in [0, 0.1) is 20.8 Å². The highest BCUT2D eigenvalue weighted by atomic mass is 32.1. The number of nitrogens with zero attached hydrogens (tertiary/aromatic N) is 3. The van der Waals surface area contributed by atoms with Crippen LogP contribution in [0.3, 0.4) is 0 Å². The molecule has 5 nitrogen and oxygen atoms in total. The van der Waals surface area contributed by atoms with Gasteiger partial charge in [-0.15, -0.1) is 0 Å². The molecule has 0 radical (unpaired) electrons. The summed E-state index contributed by atoms with van der Waals surface area (Å²) < 4.78 is 7.63. The van der Waals surface area contributed by atoms with Gasteiger partial charge < -0.3 is 19.5 Å². The van der Waals surface area contributed by atoms with E-state index in [9.17, 15) is 0 Å². The zero-order valence-corrected chi connectivity index (χ0v) is 19.4. The van der Waals surface area contributed by atoms with E-state index in [0.717, 1.165) is 23.8 Å². The van der Waals surface area contributed by atoms with E-state index in [-0.39, 0.29) is 12.1 Å². The van der Waals surface area contributed by atoms with Gasteiger partial charge in [0.2, 0.25) is 0 Å². The van der Waals surface area contributed by atoms with E-state index < -0.39 is 0 Å². The number of benzene rings is 1. The Balaban J connectivity index is 1.78. The van der Waals surface area contributed by atoms with E-state index in [1.807, 2.05) is 18.3 Å². The summed E-state index contributed by atoms with van der Waals surface area (Å²) >= 11 is 5.77. The normalized spacial score (nSPS) is 18.5. The zero-order valence-electron chi connectivity index (χ0n) is 18.6. The molecule has 162 valence electrons. The van der Waals surface area contributed by atoms with Crippen LogP contribution in [-0.2, 0) is 4.74 Å². The van der Waals surface area contributed by atoms with Crippen LogP contribution in [0.2, 0.25) is 0 Å². The maximum Gasteiger partial charge on any atom is 0.170 e. The van der Waals surface area contributed by atoms with Crippen molar-refractivity contribution in [3.8, 4) is 5.69 Å². The molecule has 1 aliphatic heterocycles. The summed E-state index contributed by atoms with van der Waals surface area (Å²) in [5.41, 5.74) is 7.17. The summed E-state index contributed by atoms with van der Waals surface area (Å²) in [6.45, 7) is 8.03. The first-order valence-electron chi connectivity index (χ1n) is 10.7. The lowest BCUT2D eigenvalue weighted by atomic mass is 9.96. The number of methoxy groups -OCH3 is 1. The van der Waals surface area contributed by atoms with E-state index in [0.29, 0.717) is 6.61 Å². The van der Waals surface area contributed by atoms with Gasteiger partial charge in [0.15, 0.2) is 5.11 Å². The number of rotatable bonds is 7.